The van der Waals surface area contributed by atoms with E-state index in [0.29, 0.717) is 30.3 Å². The molecule has 5 heteroatoms. The number of hydrogen-bond acceptors (Lipinski definition) is 3. The molecule has 2 aromatic carbocycles. The first-order valence-electron chi connectivity index (χ1n) is 10.6. The van der Waals surface area contributed by atoms with Crippen LogP contribution >= 0.6 is 0 Å². The van der Waals surface area contributed by atoms with Gasteiger partial charge < -0.3 is 5.32 Å². The second-order valence-electron chi connectivity index (χ2n) is 7.95. The molecule has 4 nitrogen and oxygen atoms in total. The van der Waals surface area contributed by atoms with Crippen LogP contribution in [-0.2, 0) is 17.6 Å². The maximum absolute atomic E-state index is 13.3. The van der Waals surface area contributed by atoms with E-state index >= 15 is 0 Å². The van der Waals surface area contributed by atoms with Crippen LogP contribution in [0.25, 0.3) is 11.3 Å². The van der Waals surface area contributed by atoms with E-state index in [9.17, 15) is 9.18 Å². The van der Waals surface area contributed by atoms with E-state index in [1.54, 1.807) is 18.3 Å². The number of hydrogen-bond donors (Lipinski definition) is 1. The number of anilines is 1. The highest BCUT2D eigenvalue weighted by Crippen LogP contribution is 2.30. The summed E-state index contributed by atoms with van der Waals surface area (Å²) < 4.78 is 13.3. The third kappa shape index (κ3) is 5.29. The SMILES string of the molecule is O=C(CCc1ccccc1)Nc1ncc(-c2ccc(F)cc2)nc1CC1CCCC1. The van der Waals surface area contributed by atoms with Gasteiger partial charge in [-0.2, -0.15) is 0 Å². The van der Waals surface area contributed by atoms with Crippen LogP contribution in [0.4, 0.5) is 10.2 Å². The Balaban J connectivity index is 1.51. The van der Waals surface area contributed by atoms with Gasteiger partial charge in [-0.3, -0.25) is 4.79 Å². The van der Waals surface area contributed by atoms with E-state index in [1.165, 1.54) is 37.8 Å². The first kappa shape index (κ1) is 20.2. The first-order valence-corrected chi connectivity index (χ1v) is 10.6. The number of carbonyl (C=O) groups excluding carboxylic acids is 1. The van der Waals surface area contributed by atoms with Crippen molar-refractivity contribution in [2.45, 2.75) is 44.9 Å². The molecule has 1 heterocycles. The van der Waals surface area contributed by atoms with Gasteiger partial charge in [0.15, 0.2) is 5.82 Å². The number of aryl methyl sites for hydroxylation is 1. The van der Waals surface area contributed by atoms with Gasteiger partial charge in [-0.1, -0.05) is 56.0 Å². The minimum atomic E-state index is -0.278. The molecular formula is C25H26FN3O. The van der Waals surface area contributed by atoms with Crippen molar-refractivity contribution in [1.29, 1.82) is 0 Å². The number of benzene rings is 2. The van der Waals surface area contributed by atoms with Crippen molar-refractivity contribution in [1.82, 2.24) is 9.97 Å². The van der Waals surface area contributed by atoms with Crippen molar-refractivity contribution in [3.63, 3.8) is 0 Å². The molecule has 1 fully saturated rings. The summed E-state index contributed by atoms with van der Waals surface area (Å²) >= 11 is 0. The summed E-state index contributed by atoms with van der Waals surface area (Å²) in [6.45, 7) is 0. The van der Waals surface area contributed by atoms with Gasteiger partial charge in [0, 0.05) is 12.0 Å². The molecule has 4 rings (SSSR count). The highest BCUT2D eigenvalue weighted by molar-refractivity contribution is 5.90. The Bertz CT molecular complexity index is 983. The molecule has 1 aromatic heterocycles. The highest BCUT2D eigenvalue weighted by atomic mass is 19.1. The quantitative estimate of drug-likeness (QED) is 0.560. The van der Waals surface area contributed by atoms with Crippen molar-refractivity contribution >= 4 is 11.7 Å². The van der Waals surface area contributed by atoms with Gasteiger partial charge in [0.1, 0.15) is 5.82 Å². The largest absolute Gasteiger partial charge is 0.309 e. The molecule has 1 amide bonds. The van der Waals surface area contributed by atoms with Gasteiger partial charge in [0.25, 0.3) is 0 Å². The van der Waals surface area contributed by atoms with Crippen LogP contribution in [0.3, 0.4) is 0 Å². The summed E-state index contributed by atoms with van der Waals surface area (Å²) in [6.07, 6.45) is 8.39. The number of halogens is 1. The summed E-state index contributed by atoms with van der Waals surface area (Å²) in [5, 5.41) is 2.97. The van der Waals surface area contributed by atoms with E-state index < -0.39 is 0 Å². The predicted octanol–water partition coefficient (Wildman–Crippen LogP) is 5.59. The summed E-state index contributed by atoms with van der Waals surface area (Å²) in [7, 11) is 0. The molecule has 0 aliphatic heterocycles. The summed E-state index contributed by atoms with van der Waals surface area (Å²) in [6, 6.07) is 16.2. The Morgan fingerprint density at radius 3 is 2.50 bits per heavy atom. The zero-order valence-electron chi connectivity index (χ0n) is 17.0. The third-order valence-corrected chi connectivity index (χ3v) is 5.68. The highest BCUT2D eigenvalue weighted by Gasteiger charge is 2.20. The van der Waals surface area contributed by atoms with Crippen molar-refractivity contribution in [3.8, 4) is 11.3 Å². The van der Waals surface area contributed by atoms with Crippen LogP contribution in [-0.4, -0.2) is 15.9 Å². The van der Waals surface area contributed by atoms with Crippen LogP contribution in [0.1, 0.15) is 43.4 Å². The summed E-state index contributed by atoms with van der Waals surface area (Å²) in [4.78, 5) is 21.9. The topological polar surface area (TPSA) is 54.9 Å². The molecule has 0 saturated heterocycles. The van der Waals surface area contributed by atoms with E-state index in [4.69, 9.17) is 4.98 Å². The molecule has 0 radical (unpaired) electrons. The number of nitrogens with zero attached hydrogens (tertiary/aromatic N) is 2. The molecule has 0 unspecified atom stereocenters. The normalized spacial score (nSPS) is 14.0. The van der Waals surface area contributed by atoms with E-state index in [0.717, 1.165) is 23.2 Å². The van der Waals surface area contributed by atoms with Crippen molar-refractivity contribution in [3.05, 3.63) is 77.9 Å². The second-order valence-corrected chi connectivity index (χ2v) is 7.95. The van der Waals surface area contributed by atoms with E-state index in [2.05, 4.69) is 10.3 Å². The smallest absolute Gasteiger partial charge is 0.225 e. The molecule has 1 aliphatic carbocycles. The number of rotatable bonds is 7. The maximum atomic E-state index is 13.3. The standard InChI is InChI=1S/C25H26FN3O/c26-21-13-11-20(12-14-21)23-17-27-25(22(28-23)16-19-8-4-5-9-19)29-24(30)15-10-18-6-2-1-3-7-18/h1-3,6-7,11-14,17,19H,4-5,8-10,15-16H2,(H,27,29,30). The van der Waals surface area contributed by atoms with Crippen LogP contribution in [0.5, 0.6) is 0 Å². The molecule has 1 N–H and O–H groups in total. The average molecular weight is 404 g/mol. The lowest BCUT2D eigenvalue weighted by molar-refractivity contribution is -0.116. The Labute approximate surface area is 176 Å². The van der Waals surface area contributed by atoms with Crippen LogP contribution in [0, 0.1) is 11.7 Å². The molecule has 30 heavy (non-hydrogen) atoms. The Hall–Kier alpha value is -3.08. The molecule has 1 aliphatic rings. The van der Waals surface area contributed by atoms with Crippen LogP contribution in [0.2, 0.25) is 0 Å². The minimum Gasteiger partial charge on any atom is -0.309 e. The fourth-order valence-corrected chi connectivity index (χ4v) is 4.02. The number of amides is 1. The van der Waals surface area contributed by atoms with Crippen LogP contribution < -0.4 is 5.32 Å². The molecule has 0 atom stereocenters. The molecule has 154 valence electrons. The molecule has 0 bridgehead atoms. The molecular weight excluding hydrogens is 377 g/mol. The van der Waals surface area contributed by atoms with Gasteiger partial charge in [0.2, 0.25) is 5.91 Å². The summed E-state index contributed by atoms with van der Waals surface area (Å²) in [5.74, 6) is 0.782. The van der Waals surface area contributed by atoms with E-state index in [-0.39, 0.29) is 11.7 Å². The first-order chi connectivity index (χ1) is 14.7. The Morgan fingerprint density at radius 2 is 1.77 bits per heavy atom. The lowest BCUT2D eigenvalue weighted by atomic mass is 10.0. The maximum Gasteiger partial charge on any atom is 0.225 e. The van der Waals surface area contributed by atoms with Gasteiger partial charge in [-0.15, -0.1) is 0 Å². The molecule has 3 aromatic rings. The Morgan fingerprint density at radius 1 is 1.03 bits per heavy atom. The van der Waals surface area contributed by atoms with Gasteiger partial charge in [-0.25, -0.2) is 14.4 Å². The van der Waals surface area contributed by atoms with Crippen molar-refractivity contribution in [2.24, 2.45) is 5.92 Å². The van der Waals surface area contributed by atoms with Crippen LogP contribution in [0.15, 0.2) is 60.8 Å². The lowest BCUT2D eigenvalue weighted by Gasteiger charge is -2.14. The fourth-order valence-electron chi connectivity index (χ4n) is 4.02. The monoisotopic (exact) mass is 403 g/mol. The minimum absolute atomic E-state index is 0.0599. The predicted molar refractivity (Wildman–Crippen MR) is 116 cm³/mol. The van der Waals surface area contributed by atoms with E-state index in [1.807, 2.05) is 30.3 Å². The molecule has 0 spiro atoms. The zero-order chi connectivity index (χ0) is 20.8. The van der Waals surface area contributed by atoms with Gasteiger partial charge >= 0.3 is 0 Å². The van der Waals surface area contributed by atoms with Crippen molar-refractivity contribution in [2.75, 3.05) is 5.32 Å². The number of nitrogens with one attached hydrogen (secondary N) is 1. The van der Waals surface area contributed by atoms with Gasteiger partial charge in [-0.05, 0) is 48.6 Å². The number of aromatic nitrogens is 2. The Kier molecular flexibility index (Phi) is 6.47. The molecule has 1 saturated carbocycles. The lowest BCUT2D eigenvalue weighted by Crippen LogP contribution is -2.17. The fraction of sp³-hybridized carbons (Fsp3) is 0.320. The third-order valence-electron chi connectivity index (χ3n) is 5.68. The zero-order valence-corrected chi connectivity index (χ0v) is 17.0. The summed E-state index contributed by atoms with van der Waals surface area (Å²) in [5.41, 5.74) is 3.47. The van der Waals surface area contributed by atoms with Crippen molar-refractivity contribution < 1.29 is 9.18 Å². The van der Waals surface area contributed by atoms with Gasteiger partial charge in [0.05, 0.1) is 17.6 Å². The average Bonchev–Trinajstić information content (AvgIpc) is 3.28. The number of carbonyl (C=O) groups is 1. The second kappa shape index (κ2) is 9.61.